The predicted octanol–water partition coefficient (Wildman–Crippen LogP) is 6.43. The number of nitrogens with one attached hydrogen (secondary N) is 1. The summed E-state index contributed by atoms with van der Waals surface area (Å²) in [5, 5.41) is 16.3. The number of rotatable bonds is 5. The van der Waals surface area contributed by atoms with E-state index >= 15 is 4.39 Å². The summed E-state index contributed by atoms with van der Waals surface area (Å²) in [5.74, 6) is -0.147. The quantitative estimate of drug-likeness (QED) is 0.330. The average molecular weight is 471 g/mol. The molecule has 150 valence electrons. The number of halogens is 1. The van der Waals surface area contributed by atoms with E-state index in [0.29, 0.717) is 21.3 Å². The van der Waals surface area contributed by atoms with Gasteiger partial charge in [0.1, 0.15) is 0 Å². The zero-order valence-corrected chi connectivity index (χ0v) is 19.3. The van der Waals surface area contributed by atoms with Crippen LogP contribution in [0, 0.1) is 5.82 Å². The molecule has 1 unspecified atom stereocenters. The third-order valence-corrected chi connectivity index (χ3v) is 12.9. The summed E-state index contributed by atoms with van der Waals surface area (Å²) in [7, 11) is 0. The first kappa shape index (κ1) is 20.2. The number of aromatic hydroxyl groups is 1. The summed E-state index contributed by atoms with van der Waals surface area (Å²) in [6, 6.07) is 10.4. The number of phenolic OH excluding ortho intramolecular Hbond substituents is 1. The van der Waals surface area contributed by atoms with Crippen LogP contribution in [0.15, 0.2) is 46.6 Å². The number of phenols is 1. The molecule has 29 heavy (non-hydrogen) atoms. The normalized spacial score (nSPS) is 12.9. The van der Waals surface area contributed by atoms with Gasteiger partial charge in [0.25, 0.3) is 0 Å². The SMILES string of the molecule is CC[As](CC)C(C)c1ccc(-c2c(O)ccc3[nH]c(=O)c4sccc4c23)cc1F. The molecule has 2 aromatic carbocycles. The summed E-state index contributed by atoms with van der Waals surface area (Å²) >= 11 is 0.249. The summed E-state index contributed by atoms with van der Waals surface area (Å²) < 4.78 is 16.0. The Labute approximate surface area is 177 Å². The number of H-pyrrole nitrogens is 1. The monoisotopic (exact) mass is 471 g/mol. The van der Waals surface area contributed by atoms with Crippen molar-refractivity contribution in [1.82, 2.24) is 4.98 Å². The second-order valence-electron chi connectivity index (χ2n) is 7.13. The van der Waals surface area contributed by atoms with Crippen molar-refractivity contribution in [2.45, 2.75) is 35.9 Å². The molecule has 3 nitrogen and oxygen atoms in total. The molecule has 1 atom stereocenters. The van der Waals surface area contributed by atoms with Gasteiger partial charge in [-0.3, -0.25) is 0 Å². The van der Waals surface area contributed by atoms with E-state index < -0.39 is 14.7 Å². The molecule has 0 aliphatic rings. The zero-order chi connectivity index (χ0) is 20.7. The maximum atomic E-state index is 15.2. The van der Waals surface area contributed by atoms with Gasteiger partial charge in [-0.05, 0) is 0 Å². The Balaban J connectivity index is 1.94. The van der Waals surface area contributed by atoms with Crippen LogP contribution in [0.1, 0.15) is 31.0 Å². The molecule has 0 fully saturated rings. The Bertz CT molecular complexity index is 1260. The number of hydrogen-bond donors (Lipinski definition) is 2. The molecule has 2 N–H and O–H groups in total. The van der Waals surface area contributed by atoms with Gasteiger partial charge in [-0.1, -0.05) is 0 Å². The summed E-state index contributed by atoms with van der Waals surface area (Å²) in [5.41, 5.74) is 2.43. The number of benzene rings is 2. The van der Waals surface area contributed by atoms with E-state index in [9.17, 15) is 9.90 Å². The zero-order valence-electron chi connectivity index (χ0n) is 16.6. The van der Waals surface area contributed by atoms with Gasteiger partial charge < -0.3 is 0 Å². The molecule has 4 aromatic rings. The molecule has 0 bridgehead atoms. The van der Waals surface area contributed by atoms with E-state index in [4.69, 9.17) is 0 Å². The third-order valence-electron chi connectivity index (χ3n) is 5.67. The Kier molecular flexibility index (Phi) is 5.54. The minimum atomic E-state index is -1.11. The van der Waals surface area contributed by atoms with E-state index in [1.165, 1.54) is 17.4 Å². The van der Waals surface area contributed by atoms with Crippen molar-refractivity contribution in [3.05, 3.63) is 63.5 Å². The number of thiophene rings is 1. The second-order valence-corrected chi connectivity index (χ2v) is 14.8. The van der Waals surface area contributed by atoms with Gasteiger partial charge in [0.05, 0.1) is 0 Å². The summed E-state index contributed by atoms with van der Waals surface area (Å²) in [6.45, 7) is 6.54. The van der Waals surface area contributed by atoms with Crippen molar-refractivity contribution in [1.29, 1.82) is 0 Å². The molecule has 0 aliphatic heterocycles. The van der Waals surface area contributed by atoms with E-state index in [1.807, 2.05) is 23.6 Å². The van der Waals surface area contributed by atoms with Crippen LogP contribution in [0.2, 0.25) is 10.4 Å². The average Bonchev–Trinajstić information content (AvgIpc) is 3.20. The molecule has 0 spiro atoms. The van der Waals surface area contributed by atoms with E-state index in [2.05, 4.69) is 25.8 Å². The molecule has 4 rings (SSSR count). The minimum absolute atomic E-state index is 0.0760. The van der Waals surface area contributed by atoms with Crippen LogP contribution < -0.4 is 5.56 Å². The Morgan fingerprint density at radius 2 is 1.93 bits per heavy atom. The molecule has 2 aromatic heterocycles. The molecule has 2 heterocycles. The number of fused-ring (bicyclic) bond motifs is 3. The number of pyridine rings is 1. The number of hydrogen-bond acceptors (Lipinski definition) is 3. The van der Waals surface area contributed by atoms with E-state index in [1.54, 1.807) is 12.1 Å². The number of aromatic amines is 1. The van der Waals surface area contributed by atoms with Crippen LogP contribution in [0.3, 0.4) is 0 Å². The van der Waals surface area contributed by atoms with Crippen molar-refractivity contribution >= 4 is 47.0 Å². The third kappa shape index (κ3) is 3.41. The summed E-state index contributed by atoms with van der Waals surface area (Å²) in [6.07, 6.45) is 0. The van der Waals surface area contributed by atoms with Gasteiger partial charge in [0.15, 0.2) is 0 Å². The van der Waals surface area contributed by atoms with Gasteiger partial charge in [-0.25, -0.2) is 0 Å². The molecular formula is C23H23AsFNO2S. The Hall–Kier alpha value is -2.10. The van der Waals surface area contributed by atoms with E-state index in [-0.39, 0.29) is 21.8 Å². The van der Waals surface area contributed by atoms with Crippen molar-refractivity contribution in [2.75, 3.05) is 0 Å². The molecule has 0 aliphatic carbocycles. The summed E-state index contributed by atoms with van der Waals surface area (Å²) in [4.78, 5) is 15.2. The first-order valence-electron chi connectivity index (χ1n) is 9.75. The van der Waals surface area contributed by atoms with Crippen LogP contribution in [0.25, 0.3) is 32.1 Å². The maximum absolute atomic E-state index is 15.2. The Morgan fingerprint density at radius 3 is 2.62 bits per heavy atom. The van der Waals surface area contributed by atoms with Crippen LogP contribution in [0.4, 0.5) is 4.39 Å². The fourth-order valence-electron chi connectivity index (χ4n) is 4.12. The van der Waals surface area contributed by atoms with Crippen molar-refractivity contribution in [2.24, 2.45) is 0 Å². The molecule has 0 saturated carbocycles. The fourth-order valence-corrected chi connectivity index (χ4v) is 9.42. The molecule has 0 saturated heterocycles. The van der Waals surface area contributed by atoms with Crippen molar-refractivity contribution < 1.29 is 9.50 Å². The van der Waals surface area contributed by atoms with Crippen molar-refractivity contribution in [3.63, 3.8) is 0 Å². The van der Waals surface area contributed by atoms with Crippen LogP contribution in [0.5, 0.6) is 5.75 Å². The van der Waals surface area contributed by atoms with Gasteiger partial charge in [0, 0.05) is 0 Å². The topological polar surface area (TPSA) is 53.1 Å². The van der Waals surface area contributed by atoms with Gasteiger partial charge in [-0.2, -0.15) is 0 Å². The van der Waals surface area contributed by atoms with Gasteiger partial charge in [0.2, 0.25) is 0 Å². The molecule has 6 heteroatoms. The number of aromatic nitrogens is 1. The van der Waals surface area contributed by atoms with Crippen molar-refractivity contribution in [3.8, 4) is 16.9 Å². The first-order valence-corrected chi connectivity index (χ1v) is 14.4. The van der Waals surface area contributed by atoms with Crippen LogP contribution >= 0.6 is 11.3 Å². The Morgan fingerprint density at radius 1 is 1.17 bits per heavy atom. The van der Waals surface area contributed by atoms with Crippen LogP contribution in [-0.4, -0.2) is 24.7 Å². The van der Waals surface area contributed by atoms with Gasteiger partial charge in [-0.15, -0.1) is 0 Å². The predicted molar refractivity (Wildman–Crippen MR) is 122 cm³/mol. The molecular weight excluding hydrogens is 448 g/mol. The fraction of sp³-hybridized carbons (Fsp3) is 0.261. The second kappa shape index (κ2) is 7.96. The first-order chi connectivity index (χ1) is 14.0. The van der Waals surface area contributed by atoms with Gasteiger partial charge >= 0.3 is 178 Å². The molecule has 0 radical (unpaired) electrons. The van der Waals surface area contributed by atoms with E-state index in [0.717, 1.165) is 26.8 Å². The molecule has 0 amide bonds. The van der Waals surface area contributed by atoms with Crippen LogP contribution in [-0.2, 0) is 0 Å². The standard InChI is InChI=1S/C23H23AsFNO2S/c1-4-24(5-2)13(3)15-7-6-14(12-17(15)25)20-19(27)9-8-18-21(20)16-10-11-29-22(16)23(28)26-18/h6-13,27H,4-5H2,1-3H3,(H,26,28).